The number of rotatable bonds is 6. The van der Waals surface area contributed by atoms with Gasteiger partial charge in [-0.2, -0.15) is 0 Å². The van der Waals surface area contributed by atoms with Crippen molar-refractivity contribution in [3.8, 4) is 0 Å². The van der Waals surface area contributed by atoms with E-state index < -0.39 is 0 Å². The Bertz CT molecular complexity index is 211. The van der Waals surface area contributed by atoms with Crippen molar-refractivity contribution in [3.63, 3.8) is 0 Å². The van der Waals surface area contributed by atoms with Gasteiger partial charge in [-0.05, 0) is 12.8 Å². The normalized spacial score (nSPS) is 20.5. The zero-order valence-corrected chi connectivity index (χ0v) is 9.16. The number of aliphatic hydroxyl groups is 1. The summed E-state index contributed by atoms with van der Waals surface area (Å²) in [7, 11) is 1.54. The molecule has 0 heterocycles. The Morgan fingerprint density at radius 2 is 2.33 bits per heavy atom. The lowest BCUT2D eigenvalue weighted by Crippen LogP contribution is -2.54. The Hall–Kier alpha value is -0.650. The number of amides is 1. The standard InChI is InChI=1S/C10H20N2O3/c1-15-6-8(5-13)12-9(14)10(7-11)3-2-4-10/h8,13H,2-7,11H2,1H3,(H,12,14). The maximum atomic E-state index is 11.9. The average Bonchev–Trinajstić information content (AvgIpc) is 2.16. The van der Waals surface area contributed by atoms with Crippen LogP contribution in [0, 0.1) is 5.41 Å². The van der Waals surface area contributed by atoms with Gasteiger partial charge in [-0.25, -0.2) is 0 Å². The number of nitrogens with two attached hydrogens (primary N) is 1. The molecular formula is C10H20N2O3. The number of carbonyl (C=O) groups excluding carboxylic acids is 1. The van der Waals surface area contributed by atoms with E-state index in [0.717, 1.165) is 19.3 Å². The third-order valence-electron chi connectivity index (χ3n) is 3.11. The minimum atomic E-state index is -0.388. The molecule has 0 spiro atoms. The van der Waals surface area contributed by atoms with Crippen molar-refractivity contribution in [1.82, 2.24) is 5.32 Å². The van der Waals surface area contributed by atoms with Gasteiger partial charge in [-0.1, -0.05) is 6.42 Å². The molecule has 0 bridgehead atoms. The van der Waals surface area contributed by atoms with Crippen molar-refractivity contribution in [3.05, 3.63) is 0 Å². The average molecular weight is 216 g/mol. The molecule has 0 aliphatic heterocycles. The molecule has 4 N–H and O–H groups in total. The second-order valence-electron chi connectivity index (χ2n) is 4.15. The second-order valence-corrected chi connectivity index (χ2v) is 4.15. The van der Waals surface area contributed by atoms with Gasteiger partial charge >= 0.3 is 0 Å². The van der Waals surface area contributed by atoms with Crippen molar-refractivity contribution in [2.45, 2.75) is 25.3 Å². The number of ether oxygens (including phenoxy) is 1. The van der Waals surface area contributed by atoms with Gasteiger partial charge in [0.2, 0.25) is 5.91 Å². The fraction of sp³-hybridized carbons (Fsp3) is 0.900. The van der Waals surface area contributed by atoms with Gasteiger partial charge in [0, 0.05) is 13.7 Å². The van der Waals surface area contributed by atoms with Crippen molar-refractivity contribution in [1.29, 1.82) is 0 Å². The number of hydrogen-bond acceptors (Lipinski definition) is 4. The molecule has 0 aromatic rings. The lowest BCUT2D eigenvalue weighted by atomic mass is 9.68. The van der Waals surface area contributed by atoms with Gasteiger partial charge < -0.3 is 20.9 Å². The van der Waals surface area contributed by atoms with Gasteiger partial charge in [-0.3, -0.25) is 4.79 Å². The topological polar surface area (TPSA) is 84.6 Å². The first-order chi connectivity index (χ1) is 7.18. The summed E-state index contributed by atoms with van der Waals surface area (Å²) in [5.74, 6) is -0.0487. The van der Waals surface area contributed by atoms with E-state index in [-0.39, 0.29) is 24.0 Å². The second kappa shape index (κ2) is 5.44. The molecule has 1 unspecified atom stereocenters. The molecule has 0 radical (unpaired) electrons. The highest BCUT2D eigenvalue weighted by molar-refractivity contribution is 5.84. The first-order valence-electron chi connectivity index (χ1n) is 5.29. The molecule has 1 aliphatic rings. The van der Waals surface area contributed by atoms with Crippen LogP contribution < -0.4 is 11.1 Å². The monoisotopic (exact) mass is 216 g/mol. The molecule has 0 aromatic heterocycles. The Kier molecular flexibility index (Phi) is 4.50. The van der Waals surface area contributed by atoms with Gasteiger partial charge in [0.05, 0.1) is 24.7 Å². The molecule has 5 heteroatoms. The van der Waals surface area contributed by atoms with Crippen LogP contribution in [0.1, 0.15) is 19.3 Å². The van der Waals surface area contributed by atoms with Crippen LogP contribution in [0.5, 0.6) is 0 Å². The van der Waals surface area contributed by atoms with E-state index in [1.807, 2.05) is 0 Å². The van der Waals surface area contributed by atoms with Crippen LogP contribution in [0.15, 0.2) is 0 Å². The van der Waals surface area contributed by atoms with Crippen LogP contribution in [0.3, 0.4) is 0 Å². The predicted molar refractivity (Wildman–Crippen MR) is 56.2 cm³/mol. The first kappa shape index (κ1) is 12.4. The minimum Gasteiger partial charge on any atom is -0.394 e. The molecular weight excluding hydrogens is 196 g/mol. The van der Waals surface area contributed by atoms with E-state index in [9.17, 15) is 4.79 Å². The number of hydrogen-bond donors (Lipinski definition) is 3. The summed E-state index contributed by atoms with van der Waals surface area (Å²) in [5.41, 5.74) is 5.22. The SMILES string of the molecule is COCC(CO)NC(=O)C1(CN)CCC1. The van der Waals surface area contributed by atoms with E-state index in [4.69, 9.17) is 15.6 Å². The Morgan fingerprint density at radius 1 is 1.67 bits per heavy atom. The van der Waals surface area contributed by atoms with Crippen molar-refractivity contribution in [2.24, 2.45) is 11.1 Å². The van der Waals surface area contributed by atoms with Crippen LogP contribution in [0.2, 0.25) is 0 Å². The summed E-state index contributed by atoms with van der Waals surface area (Å²) in [5, 5.41) is 11.8. The molecule has 5 nitrogen and oxygen atoms in total. The van der Waals surface area contributed by atoms with Crippen LogP contribution in [-0.2, 0) is 9.53 Å². The number of aliphatic hydroxyl groups excluding tert-OH is 1. The number of nitrogens with one attached hydrogen (secondary N) is 1. The number of methoxy groups -OCH3 is 1. The summed E-state index contributed by atoms with van der Waals surface area (Å²) in [6.45, 7) is 0.590. The third-order valence-corrected chi connectivity index (χ3v) is 3.11. The molecule has 1 rings (SSSR count). The molecule has 0 aromatic carbocycles. The molecule has 1 aliphatic carbocycles. The van der Waals surface area contributed by atoms with Crippen molar-refractivity contribution < 1.29 is 14.6 Å². The maximum absolute atomic E-state index is 11.9. The first-order valence-corrected chi connectivity index (χ1v) is 5.29. The van der Waals surface area contributed by atoms with Gasteiger partial charge in [0.15, 0.2) is 0 Å². The lowest BCUT2D eigenvalue weighted by molar-refractivity contribution is -0.136. The highest BCUT2D eigenvalue weighted by Crippen LogP contribution is 2.40. The van der Waals surface area contributed by atoms with Crippen molar-refractivity contribution >= 4 is 5.91 Å². The summed E-state index contributed by atoms with van der Waals surface area (Å²) in [6, 6.07) is -0.327. The Morgan fingerprint density at radius 3 is 2.67 bits per heavy atom. The minimum absolute atomic E-state index is 0.0487. The molecule has 1 amide bonds. The van der Waals surface area contributed by atoms with Gasteiger partial charge in [-0.15, -0.1) is 0 Å². The third kappa shape index (κ3) is 2.68. The summed E-state index contributed by atoms with van der Waals surface area (Å²) in [4.78, 5) is 11.9. The largest absolute Gasteiger partial charge is 0.394 e. The fourth-order valence-electron chi connectivity index (χ4n) is 1.81. The Balaban J connectivity index is 2.45. The summed E-state index contributed by atoms with van der Waals surface area (Å²) in [6.07, 6.45) is 2.75. The van der Waals surface area contributed by atoms with Gasteiger partial charge in [0.1, 0.15) is 0 Å². The zero-order chi connectivity index (χ0) is 11.3. The zero-order valence-electron chi connectivity index (χ0n) is 9.16. The molecule has 88 valence electrons. The van der Waals surface area contributed by atoms with Crippen LogP contribution in [-0.4, -0.2) is 43.9 Å². The van der Waals surface area contributed by atoms with E-state index in [1.54, 1.807) is 0 Å². The smallest absolute Gasteiger partial charge is 0.227 e. The molecule has 1 saturated carbocycles. The lowest BCUT2D eigenvalue weighted by Gasteiger charge is -2.39. The van der Waals surface area contributed by atoms with Crippen molar-refractivity contribution in [2.75, 3.05) is 26.9 Å². The van der Waals surface area contributed by atoms with Gasteiger partial charge in [0.25, 0.3) is 0 Å². The predicted octanol–water partition coefficient (Wildman–Crippen LogP) is -0.761. The fourth-order valence-corrected chi connectivity index (χ4v) is 1.81. The summed E-state index contributed by atoms with van der Waals surface area (Å²) < 4.78 is 4.89. The number of carbonyl (C=O) groups is 1. The van der Waals surface area contributed by atoms with Crippen LogP contribution in [0.4, 0.5) is 0 Å². The van der Waals surface area contributed by atoms with E-state index in [2.05, 4.69) is 5.32 Å². The maximum Gasteiger partial charge on any atom is 0.227 e. The summed E-state index contributed by atoms with van der Waals surface area (Å²) >= 11 is 0. The molecule has 0 saturated heterocycles. The van der Waals surface area contributed by atoms with E-state index in [0.29, 0.717) is 13.2 Å². The highest BCUT2D eigenvalue weighted by Gasteiger charge is 2.43. The molecule has 1 fully saturated rings. The van der Waals surface area contributed by atoms with Crippen LogP contribution >= 0.6 is 0 Å². The molecule has 15 heavy (non-hydrogen) atoms. The van der Waals surface area contributed by atoms with E-state index >= 15 is 0 Å². The van der Waals surface area contributed by atoms with E-state index in [1.165, 1.54) is 7.11 Å². The van der Waals surface area contributed by atoms with Crippen LogP contribution in [0.25, 0.3) is 0 Å². The highest BCUT2D eigenvalue weighted by atomic mass is 16.5. The quantitative estimate of drug-likeness (QED) is 0.545. The molecule has 1 atom stereocenters. The Labute approximate surface area is 90.0 Å².